The molecule has 2 aromatic rings. The zero-order valence-electron chi connectivity index (χ0n) is 12.9. The third-order valence-corrected chi connectivity index (χ3v) is 3.58. The number of nitrogens with one attached hydrogen (secondary N) is 2. The number of benzene rings is 2. The zero-order valence-corrected chi connectivity index (χ0v) is 13.7. The van der Waals surface area contributed by atoms with E-state index in [4.69, 9.17) is 21.7 Å². The summed E-state index contributed by atoms with van der Waals surface area (Å²) in [5, 5.41) is 16.1. The van der Waals surface area contributed by atoms with Crippen LogP contribution in [-0.4, -0.2) is 29.2 Å². The predicted molar refractivity (Wildman–Crippen MR) is 94.2 cm³/mol. The van der Waals surface area contributed by atoms with Crippen LogP contribution in [0.4, 0.5) is 11.4 Å². The van der Waals surface area contributed by atoms with Crippen LogP contribution < -0.4 is 20.1 Å². The third-order valence-electron chi connectivity index (χ3n) is 3.38. The van der Waals surface area contributed by atoms with E-state index in [0.29, 0.717) is 30.3 Å². The van der Waals surface area contributed by atoms with Crippen molar-refractivity contribution in [2.45, 2.75) is 0 Å². The molecule has 0 spiro atoms. The number of rotatable bonds is 3. The van der Waals surface area contributed by atoms with Gasteiger partial charge in [0.25, 0.3) is 11.6 Å². The quantitative estimate of drug-likeness (QED) is 0.493. The van der Waals surface area contributed by atoms with Crippen molar-refractivity contribution >= 4 is 34.6 Å². The largest absolute Gasteiger partial charge is 0.486 e. The lowest BCUT2D eigenvalue weighted by atomic mass is 10.2. The number of carbonyl (C=O) groups excluding carboxylic acids is 1. The summed E-state index contributed by atoms with van der Waals surface area (Å²) in [6.45, 7) is 0.873. The molecule has 1 aliphatic heterocycles. The number of nitrogens with zero attached hydrogens (tertiary/aromatic N) is 1. The molecule has 0 bridgehead atoms. The second-order valence-corrected chi connectivity index (χ2v) is 5.45. The lowest BCUT2D eigenvalue weighted by Crippen LogP contribution is -2.34. The fourth-order valence-electron chi connectivity index (χ4n) is 2.25. The zero-order chi connectivity index (χ0) is 17.8. The summed E-state index contributed by atoms with van der Waals surface area (Å²) < 4.78 is 10.8. The van der Waals surface area contributed by atoms with E-state index in [-0.39, 0.29) is 16.5 Å². The summed E-state index contributed by atoms with van der Waals surface area (Å²) in [6.07, 6.45) is 0. The normalized spacial score (nSPS) is 12.2. The van der Waals surface area contributed by atoms with Gasteiger partial charge in [0.05, 0.1) is 4.92 Å². The first-order chi connectivity index (χ1) is 12.0. The first kappa shape index (κ1) is 16.7. The van der Waals surface area contributed by atoms with E-state index in [1.165, 1.54) is 12.1 Å². The predicted octanol–water partition coefficient (Wildman–Crippen LogP) is 2.49. The first-order valence-corrected chi connectivity index (χ1v) is 7.71. The van der Waals surface area contributed by atoms with Crippen molar-refractivity contribution in [1.82, 2.24) is 5.32 Å². The van der Waals surface area contributed by atoms with Crippen LogP contribution in [0.5, 0.6) is 11.5 Å². The van der Waals surface area contributed by atoms with Gasteiger partial charge >= 0.3 is 0 Å². The van der Waals surface area contributed by atoms with Gasteiger partial charge in [-0.2, -0.15) is 0 Å². The van der Waals surface area contributed by atoms with E-state index < -0.39 is 10.8 Å². The fourth-order valence-corrected chi connectivity index (χ4v) is 2.45. The standard InChI is InChI=1S/C16H13N3O5S/c20-15(10-5-6-13-14(9-10)24-8-7-23-13)18-16(25)17-11-3-1-2-4-12(11)19(21)22/h1-6,9H,7-8H2,(H2,17,18,20,25). The molecule has 25 heavy (non-hydrogen) atoms. The maximum atomic E-state index is 12.3. The average Bonchev–Trinajstić information content (AvgIpc) is 2.61. The van der Waals surface area contributed by atoms with Crippen molar-refractivity contribution < 1.29 is 19.2 Å². The minimum absolute atomic E-state index is 0.0470. The molecule has 0 aliphatic carbocycles. The first-order valence-electron chi connectivity index (χ1n) is 7.30. The number of fused-ring (bicyclic) bond motifs is 1. The van der Waals surface area contributed by atoms with Crippen LogP contribution >= 0.6 is 12.2 Å². The molecule has 0 radical (unpaired) electrons. The molecule has 9 heteroatoms. The van der Waals surface area contributed by atoms with E-state index in [1.807, 2.05) is 0 Å². The summed E-state index contributed by atoms with van der Waals surface area (Å²) in [5.41, 5.74) is 0.384. The Bertz CT molecular complexity index is 855. The molecule has 0 atom stereocenters. The Morgan fingerprint density at radius 1 is 1.12 bits per heavy atom. The molecule has 0 aromatic heterocycles. The van der Waals surface area contributed by atoms with Crippen molar-refractivity contribution in [3.63, 3.8) is 0 Å². The Morgan fingerprint density at radius 3 is 2.60 bits per heavy atom. The van der Waals surface area contributed by atoms with Crippen molar-refractivity contribution in [2.24, 2.45) is 0 Å². The number of thiocarbonyl (C=S) groups is 1. The maximum Gasteiger partial charge on any atom is 0.292 e. The minimum Gasteiger partial charge on any atom is -0.486 e. The van der Waals surface area contributed by atoms with Crippen LogP contribution in [0.2, 0.25) is 0 Å². The molecule has 128 valence electrons. The average molecular weight is 359 g/mol. The van der Waals surface area contributed by atoms with Crippen molar-refractivity contribution in [2.75, 3.05) is 18.5 Å². The fraction of sp³-hybridized carbons (Fsp3) is 0.125. The van der Waals surface area contributed by atoms with Gasteiger partial charge in [-0.05, 0) is 36.5 Å². The van der Waals surface area contributed by atoms with Crippen molar-refractivity contribution in [3.8, 4) is 11.5 Å². The summed E-state index contributed by atoms with van der Waals surface area (Å²) in [7, 11) is 0. The Balaban J connectivity index is 1.69. The molecule has 2 N–H and O–H groups in total. The SMILES string of the molecule is O=C(NC(=S)Nc1ccccc1[N+](=O)[O-])c1ccc2c(c1)OCCO2. The van der Waals surface area contributed by atoms with Crippen LogP contribution in [0.25, 0.3) is 0 Å². The maximum absolute atomic E-state index is 12.3. The summed E-state index contributed by atoms with van der Waals surface area (Å²) in [5.74, 6) is 0.591. The second-order valence-electron chi connectivity index (χ2n) is 5.04. The molecule has 1 aliphatic rings. The van der Waals surface area contributed by atoms with Crippen LogP contribution in [0, 0.1) is 10.1 Å². The van der Waals surface area contributed by atoms with E-state index in [1.54, 1.807) is 30.3 Å². The van der Waals surface area contributed by atoms with Crippen molar-refractivity contribution in [1.29, 1.82) is 0 Å². The third kappa shape index (κ3) is 3.83. The van der Waals surface area contributed by atoms with E-state index in [9.17, 15) is 14.9 Å². The van der Waals surface area contributed by atoms with Gasteiger partial charge in [-0.1, -0.05) is 12.1 Å². The molecular formula is C16H13N3O5S. The number of carbonyl (C=O) groups is 1. The van der Waals surface area contributed by atoms with E-state index >= 15 is 0 Å². The van der Waals surface area contributed by atoms with E-state index in [2.05, 4.69) is 10.6 Å². The summed E-state index contributed by atoms with van der Waals surface area (Å²) in [4.78, 5) is 22.7. The van der Waals surface area contributed by atoms with E-state index in [0.717, 1.165) is 0 Å². The van der Waals surface area contributed by atoms with Gasteiger partial charge in [-0.25, -0.2) is 0 Å². The van der Waals surface area contributed by atoms with Gasteiger partial charge in [0.15, 0.2) is 16.6 Å². The number of hydrogen-bond donors (Lipinski definition) is 2. The number of para-hydroxylation sites is 2. The number of amides is 1. The Labute approximate surface area is 147 Å². The number of nitro groups is 1. The molecule has 1 amide bonds. The molecule has 3 rings (SSSR count). The van der Waals surface area contributed by atoms with Gasteiger partial charge in [-0.15, -0.1) is 0 Å². The summed E-state index contributed by atoms with van der Waals surface area (Å²) >= 11 is 5.06. The molecule has 0 saturated carbocycles. The lowest BCUT2D eigenvalue weighted by Gasteiger charge is -2.18. The molecule has 0 fully saturated rings. The highest BCUT2D eigenvalue weighted by Crippen LogP contribution is 2.30. The molecule has 0 saturated heterocycles. The Hall–Kier alpha value is -3.20. The van der Waals surface area contributed by atoms with Crippen LogP contribution in [0.15, 0.2) is 42.5 Å². The van der Waals surface area contributed by atoms with Crippen LogP contribution in [0.3, 0.4) is 0 Å². The molecule has 1 heterocycles. The van der Waals surface area contributed by atoms with Gasteiger partial charge in [0, 0.05) is 11.6 Å². The number of ether oxygens (including phenoxy) is 2. The van der Waals surface area contributed by atoms with Gasteiger partial charge in [0.2, 0.25) is 0 Å². The Morgan fingerprint density at radius 2 is 1.84 bits per heavy atom. The van der Waals surface area contributed by atoms with Crippen molar-refractivity contribution in [3.05, 3.63) is 58.1 Å². The number of nitro benzene ring substituents is 1. The molecular weight excluding hydrogens is 346 g/mol. The second kappa shape index (κ2) is 7.14. The highest BCUT2D eigenvalue weighted by atomic mass is 32.1. The minimum atomic E-state index is -0.534. The smallest absolute Gasteiger partial charge is 0.292 e. The van der Waals surface area contributed by atoms with Gasteiger partial charge in [-0.3, -0.25) is 20.2 Å². The molecule has 2 aromatic carbocycles. The summed E-state index contributed by atoms with van der Waals surface area (Å²) in [6, 6.07) is 10.8. The number of anilines is 1. The monoisotopic (exact) mass is 359 g/mol. The highest BCUT2D eigenvalue weighted by molar-refractivity contribution is 7.80. The highest BCUT2D eigenvalue weighted by Gasteiger charge is 2.17. The molecule has 8 nitrogen and oxygen atoms in total. The van der Waals surface area contributed by atoms with Crippen LogP contribution in [-0.2, 0) is 0 Å². The number of hydrogen-bond acceptors (Lipinski definition) is 6. The molecule has 0 unspecified atom stereocenters. The van der Waals surface area contributed by atoms with Crippen LogP contribution in [0.1, 0.15) is 10.4 Å². The van der Waals surface area contributed by atoms with Gasteiger partial charge < -0.3 is 14.8 Å². The topological polar surface area (TPSA) is 103 Å². The van der Waals surface area contributed by atoms with Gasteiger partial charge in [0.1, 0.15) is 18.9 Å². The lowest BCUT2D eigenvalue weighted by molar-refractivity contribution is -0.383. The Kier molecular flexibility index (Phi) is 4.75.